The van der Waals surface area contributed by atoms with Crippen LogP contribution >= 0.6 is 31.9 Å². The first-order chi connectivity index (χ1) is 11.6. The summed E-state index contributed by atoms with van der Waals surface area (Å²) in [5.74, 6) is -0.348. The van der Waals surface area contributed by atoms with Crippen LogP contribution < -0.4 is 5.43 Å². The van der Waals surface area contributed by atoms with Gasteiger partial charge in [-0.15, -0.1) is 0 Å². The zero-order valence-electron chi connectivity index (χ0n) is 12.3. The van der Waals surface area contributed by atoms with E-state index in [0.717, 1.165) is 20.1 Å². The first-order valence-electron chi connectivity index (χ1n) is 7.02. The van der Waals surface area contributed by atoms with Crippen LogP contribution in [-0.4, -0.2) is 22.3 Å². The molecule has 0 saturated carbocycles. The summed E-state index contributed by atoms with van der Waals surface area (Å²) in [6, 6.07) is 17.0. The van der Waals surface area contributed by atoms with E-state index in [-0.39, 0.29) is 5.91 Å². The lowest BCUT2D eigenvalue weighted by molar-refractivity contribution is 0.0950. The fourth-order valence-electron chi connectivity index (χ4n) is 1.98. The Hall–Kier alpha value is -2.25. The molecule has 0 unspecified atom stereocenters. The topological polar surface area (TPSA) is 70.1 Å². The first kappa shape index (κ1) is 16.6. The van der Waals surface area contributed by atoms with E-state index in [2.05, 4.69) is 52.6 Å². The molecule has 1 aromatic heterocycles. The predicted octanol–water partition coefficient (Wildman–Crippen LogP) is 4.37. The van der Waals surface area contributed by atoms with Crippen molar-refractivity contribution in [1.82, 2.24) is 15.6 Å². The predicted molar refractivity (Wildman–Crippen MR) is 101 cm³/mol. The molecule has 0 aliphatic rings. The van der Waals surface area contributed by atoms with E-state index in [0.29, 0.717) is 11.4 Å². The van der Waals surface area contributed by atoms with Gasteiger partial charge in [-0.3, -0.25) is 9.89 Å². The maximum Gasteiger partial charge on any atom is 0.289 e. The van der Waals surface area contributed by atoms with E-state index in [1.54, 1.807) is 12.3 Å². The van der Waals surface area contributed by atoms with Crippen LogP contribution in [-0.2, 0) is 0 Å². The number of amides is 1. The van der Waals surface area contributed by atoms with Crippen LogP contribution in [0.15, 0.2) is 68.6 Å². The van der Waals surface area contributed by atoms with Gasteiger partial charge >= 0.3 is 0 Å². The van der Waals surface area contributed by atoms with Gasteiger partial charge in [-0.2, -0.15) is 10.2 Å². The Morgan fingerprint density at radius 3 is 2.33 bits per heavy atom. The molecule has 0 saturated heterocycles. The number of H-pyrrole nitrogens is 1. The summed E-state index contributed by atoms with van der Waals surface area (Å²) in [5, 5.41) is 10.8. The highest BCUT2D eigenvalue weighted by Crippen LogP contribution is 2.20. The van der Waals surface area contributed by atoms with Crippen molar-refractivity contribution < 1.29 is 4.79 Å². The van der Waals surface area contributed by atoms with Crippen LogP contribution in [0.3, 0.4) is 0 Å². The van der Waals surface area contributed by atoms with Gasteiger partial charge in [0.1, 0.15) is 5.69 Å². The van der Waals surface area contributed by atoms with Gasteiger partial charge in [0.05, 0.1) is 11.9 Å². The summed E-state index contributed by atoms with van der Waals surface area (Å²) in [7, 11) is 0. The molecule has 0 atom stereocenters. The molecule has 3 rings (SSSR count). The number of rotatable bonds is 4. The second kappa shape index (κ2) is 7.55. The molecular weight excluding hydrogens is 436 g/mol. The van der Waals surface area contributed by atoms with Crippen LogP contribution in [0.4, 0.5) is 0 Å². The molecule has 120 valence electrons. The molecule has 1 heterocycles. The second-order valence-electron chi connectivity index (χ2n) is 4.92. The molecule has 0 spiro atoms. The van der Waals surface area contributed by atoms with Gasteiger partial charge in [0.2, 0.25) is 0 Å². The second-order valence-corrected chi connectivity index (χ2v) is 6.76. The van der Waals surface area contributed by atoms with Crippen LogP contribution in [0.25, 0.3) is 11.3 Å². The Bertz CT molecular complexity index is 870. The van der Waals surface area contributed by atoms with Crippen molar-refractivity contribution in [1.29, 1.82) is 0 Å². The summed E-state index contributed by atoms with van der Waals surface area (Å²) in [5.41, 5.74) is 5.33. The summed E-state index contributed by atoms with van der Waals surface area (Å²) in [4.78, 5) is 12.1. The lowest BCUT2D eigenvalue weighted by Crippen LogP contribution is -2.17. The van der Waals surface area contributed by atoms with Gasteiger partial charge in [0, 0.05) is 14.5 Å². The molecule has 0 aliphatic carbocycles. The molecule has 2 N–H and O–H groups in total. The smallest absolute Gasteiger partial charge is 0.272 e. The maximum atomic E-state index is 12.1. The normalized spacial score (nSPS) is 10.9. The molecule has 2 aromatic carbocycles. The Morgan fingerprint density at radius 1 is 1.04 bits per heavy atom. The molecule has 1 amide bonds. The minimum atomic E-state index is -0.348. The summed E-state index contributed by atoms with van der Waals surface area (Å²) in [6.45, 7) is 0. The summed E-state index contributed by atoms with van der Waals surface area (Å²) >= 11 is 6.75. The molecule has 5 nitrogen and oxygen atoms in total. The number of benzene rings is 2. The third-order valence-corrected chi connectivity index (χ3v) is 4.27. The fourth-order valence-corrected chi connectivity index (χ4v) is 2.51. The van der Waals surface area contributed by atoms with Gasteiger partial charge in [0.15, 0.2) is 0 Å². The number of hydrogen-bond acceptors (Lipinski definition) is 3. The van der Waals surface area contributed by atoms with Gasteiger partial charge in [-0.05, 0) is 35.9 Å². The van der Waals surface area contributed by atoms with Crippen molar-refractivity contribution in [3.63, 3.8) is 0 Å². The number of carbonyl (C=O) groups excluding carboxylic acids is 1. The summed E-state index contributed by atoms with van der Waals surface area (Å²) in [6.07, 6.45) is 1.58. The van der Waals surface area contributed by atoms with Crippen LogP contribution in [0.5, 0.6) is 0 Å². The maximum absolute atomic E-state index is 12.1. The SMILES string of the molecule is O=C(N/N=C\c1ccc(Br)cc1)c1cc(-c2ccc(Br)cc2)n[nH]1. The largest absolute Gasteiger partial charge is 0.289 e. The number of aromatic nitrogens is 2. The van der Waals surface area contributed by atoms with Crippen molar-refractivity contribution in [2.75, 3.05) is 0 Å². The monoisotopic (exact) mass is 446 g/mol. The van der Waals surface area contributed by atoms with Gasteiger partial charge < -0.3 is 0 Å². The van der Waals surface area contributed by atoms with Gasteiger partial charge in [-0.25, -0.2) is 5.43 Å². The van der Waals surface area contributed by atoms with E-state index in [1.165, 1.54) is 0 Å². The Morgan fingerprint density at radius 2 is 1.67 bits per heavy atom. The van der Waals surface area contributed by atoms with Crippen LogP contribution in [0.1, 0.15) is 16.1 Å². The van der Waals surface area contributed by atoms with E-state index in [1.807, 2.05) is 48.5 Å². The van der Waals surface area contributed by atoms with Crippen LogP contribution in [0.2, 0.25) is 0 Å². The van der Waals surface area contributed by atoms with Crippen molar-refractivity contribution in [3.05, 3.63) is 74.8 Å². The fraction of sp³-hybridized carbons (Fsp3) is 0. The molecule has 3 aromatic rings. The molecule has 24 heavy (non-hydrogen) atoms. The minimum Gasteiger partial charge on any atom is -0.272 e. The average Bonchev–Trinajstić information content (AvgIpc) is 3.07. The Labute approximate surface area is 155 Å². The number of halogens is 2. The van der Waals surface area contributed by atoms with Crippen molar-refractivity contribution in [3.8, 4) is 11.3 Å². The summed E-state index contributed by atoms with van der Waals surface area (Å²) < 4.78 is 1.98. The number of carbonyl (C=O) groups is 1. The number of hydrazone groups is 1. The molecule has 7 heteroatoms. The van der Waals surface area contributed by atoms with Crippen molar-refractivity contribution >= 4 is 44.0 Å². The number of nitrogens with one attached hydrogen (secondary N) is 2. The molecule has 0 fully saturated rings. The van der Waals surface area contributed by atoms with Gasteiger partial charge in [-0.1, -0.05) is 56.1 Å². The molecule has 0 aliphatic heterocycles. The average molecular weight is 448 g/mol. The number of nitrogens with zero attached hydrogens (tertiary/aromatic N) is 2. The third kappa shape index (κ3) is 4.18. The number of aromatic amines is 1. The quantitative estimate of drug-likeness (QED) is 0.460. The first-order valence-corrected chi connectivity index (χ1v) is 8.61. The lowest BCUT2D eigenvalue weighted by Gasteiger charge is -1.96. The standard InChI is InChI=1S/C17H12Br2N4O/c18-13-5-1-11(2-6-13)10-20-23-17(24)16-9-15(21-22-16)12-3-7-14(19)8-4-12/h1-10H,(H,21,22)(H,23,24)/b20-10-. The van der Waals surface area contributed by atoms with Gasteiger partial charge in [0.25, 0.3) is 5.91 Å². The Balaban J connectivity index is 1.65. The highest BCUT2D eigenvalue weighted by molar-refractivity contribution is 9.10. The van der Waals surface area contributed by atoms with Crippen molar-refractivity contribution in [2.45, 2.75) is 0 Å². The van der Waals surface area contributed by atoms with E-state index in [4.69, 9.17) is 0 Å². The van der Waals surface area contributed by atoms with E-state index < -0.39 is 0 Å². The molecule has 0 bridgehead atoms. The third-order valence-electron chi connectivity index (χ3n) is 3.21. The Kier molecular flexibility index (Phi) is 5.22. The zero-order chi connectivity index (χ0) is 16.9. The van der Waals surface area contributed by atoms with E-state index in [9.17, 15) is 4.79 Å². The zero-order valence-corrected chi connectivity index (χ0v) is 15.5. The number of hydrogen-bond donors (Lipinski definition) is 2. The van der Waals surface area contributed by atoms with Crippen LogP contribution in [0, 0.1) is 0 Å². The molecule has 0 radical (unpaired) electrons. The van der Waals surface area contributed by atoms with Crippen molar-refractivity contribution in [2.24, 2.45) is 5.10 Å². The highest BCUT2D eigenvalue weighted by Gasteiger charge is 2.10. The molecular formula is C17H12Br2N4O. The highest BCUT2D eigenvalue weighted by atomic mass is 79.9. The lowest BCUT2D eigenvalue weighted by atomic mass is 10.1. The van der Waals surface area contributed by atoms with E-state index >= 15 is 0 Å². The minimum absolute atomic E-state index is 0.348.